The van der Waals surface area contributed by atoms with Crippen LogP contribution in [0.1, 0.15) is 22.3 Å². The Labute approximate surface area is 137 Å². The van der Waals surface area contributed by atoms with Gasteiger partial charge in [-0.15, -0.1) is 0 Å². The first-order chi connectivity index (χ1) is 11.4. The van der Waals surface area contributed by atoms with E-state index in [0.717, 1.165) is 12.6 Å². The molecule has 0 bridgehead atoms. The van der Waals surface area contributed by atoms with Crippen molar-refractivity contribution in [3.05, 3.63) is 53.6 Å². The molecule has 3 nitrogen and oxygen atoms in total. The summed E-state index contributed by atoms with van der Waals surface area (Å²) in [5.41, 5.74) is 0.0141. The number of hydrogen-bond acceptors (Lipinski definition) is 3. The van der Waals surface area contributed by atoms with E-state index in [1.54, 1.807) is 24.3 Å². The van der Waals surface area contributed by atoms with E-state index in [1.165, 1.54) is 6.07 Å². The zero-order valence-corrected chi connectivity index (χ0v) is 12.7. The largest absolute Gasteiger partial charge is 0.508 e. The third kappa shape index (κ3) is 3.28. The summed E-state index contributed by atoms with van der Waals surface area (Å²) in [7, 11) is 0. The first kappa shape index (κ1) is 16.5. The van der Waals surface area contributed by atoms with Crippen LogP contribution in [0.25, 0.3) is 11.1 Å². The number of aromatic hydroxyl groups is 1. The SMILES string of the molecule is O=C(c1ccccc1-c1cc(O)cc(C(F)(F)F)c1)C1CCNC1. The van der Waals surface area contributed by atoms with Gasteiger partial charge in [0, 0.05) is 18.0 Å². The molecule has 2 N–H and O–H groups in total. The fourth-order valence-electron chi connectivity index (χ4n) is 2.98. The molecule has 0 spiro atoms. The molecule has 1 aliphatic heterocycles. The van der Waals surface area contributed by atoms with Crippen LogP contribution >= 0.6 is 0 Å². The summed E-state index contributed by atoms with van der Waals surface area (Å²) >= 11 is 0. The molecule has 6 heteroatoms. The van der Waals surface area contributed by atoms with Gasteiger partial charge in [-0.3, -0.25) is 4.79 Å². The number of nitrogens with one attached hydrogen (secondary N) is 1. The predicted octanol–water partition coefficient (Wildman–Crippen LogP) is 3.87. The Morgan fingerprint density at radius 3 is 2.58 bits per heavy atom. The van der Waals surface area contributed by atoms with Crippen molar-refractivity contribution in [2.24, 2.45) is 5.92 Å². The highest BCUT2D eigenvalue weighted by molar-refractivity contribution is 6.04. The minimum Gasteiger partial charge on any atom is -0.508 e. The van der Waals surface area contributed by atoms with Crippen LogP contribution in [0.2, 0.25) is 0 Å². The number of Topliss-reactive ketones (excluding diaryl/α,β-unsaturated/α-hetero) is 1. The molecule has 2 aromatic rings. The maximum absolute atomic E-state index is 13.0. The summed E-state index contributed by atoms with van der Waals surface area (Å²) < 4.78 is 38.9. The smallest absolute Gasteiger partial charge is 0.416 e. The van der Waals surface area contributed by atoms with Crippen LogP contribution in [-0.4, -0.2) is 24.0 Å². The molecule has 1 aliphatic rings. The number of phenols is 1. The number of benzene rings is 2. The third-order valence-electron chi connectivity index (χ3n) is 4.18. The van der Waals surface area contributed by atoms with E-state index in [2.05, 4.69) is 5.32 Å². The number of phenolic OH excluding ortho intramolecular Hbond substituents is 1. The second kappa shape index (κ2) is 6.28. The molecule has 1 fully saturated rings. The van der Waals surface area contributed by atoms with Crippen molar-refractivity contribution in [1.82, 2.24) is 5.32 Å². The van der Waals surface area contributed by atoms with E-state index in [0.29, 0.717) is 30.2 Å². The molecule has 2 aromatic carbocycles. The molecule has 0 amide bonds. The molecule has 1 unspecified atom stereocenters. The number of carbonyl (C=O) groups excluding carboxylic acids is 1. The fourth-order valence-corrected chi connectivity index (χ4v) is 2.98. The Kier molecular flexibility index (Phi) is 4.32. The van der Waals surface area contributed by atoms with Crippen molar-refractivity contribution in [3.63, 3.8) is 0 Å². The Morgan fingerprint density at radius 2 is 1.92 bits per heavy atom. The highest BCUT2D eigenvalue weighted by atomic mass is 19.4. The van der Waals surface area contributed by atoms with E-state index < -0.39 is 17.5 Å². The Morgan fingerprint density at radius 1 is 1.17 bits per heavy atom. The van der Waals surface area contributed by atoms with E-state index in [-0.39, 0.29) is 17.3 Å². The van der Waals surface area contributed by atoms with Gasteiger partial charge >= 0.3 is 6.18 Å². The second-order valence-electron chi connectivity index (χ2n) is 5.87. The molecule has 3 rings (SSSR count). The lowest BCUT2D eigenvalue weighted by molar-refractivity contribution is -0.137. The summed E-state index contributed by atoms with van der Waals surface area (Å²) in [6, 6.07) is 9.45. The van der Waals surface area contributed by atoms with Crippen LogP contribution in [-0.2, 0) is 6.18 Å². The van der Waals surface area contributed by atoms with Crippen molar-refractivity contribution in [1.29, 1.82) is 0 Å². The summed E-state index contributed by atoms with van der Waals surface area (Å²) in [5.74, 6) is -0.748. The second-order valence-corrected chi connectivity index (χ2v) is 5.87. The fraction of sp³-hybridized carbons (Fsp3) is 0.278. The van der Waals surface area contributed by atoms with E-state index in [1.807, 2.05) is 0 Å². The van der Waals surface area contributed by atoms with Gasteiger partial charge in [0.05, 0.1) is 5.56 Å². The van der Waals surface area contributed by atoms with Crippen LogP contribution in [0, 0.1) is 5.92 Å². The van der Waals surface area contributed by atoms with Crippen molar-refractivity contribution >= 4 is 5.78 Å². The maximum Gasteiger partial charge on any atom is 0.416 e. The minimum atomic E-state index is -4.57. The molecule has 1 heterocycles. The van der Waals surface area contributed by atoms with Gasteiger partial charge in [-0.1, -0.05) is 24.3 Å². The number of rotatable bonds is 3. The number of carbonyl (C=O) groups is 1. The molecule has 1 saturated heterocycles. The zero-order valence-electron chi connectivity index (χ0n) is 12.7. The number of ketones is 1. The average molecular weight is 335 g/mol. The van der Waals surface area contributed by atoms with Gasteiger partial charge in [0.1, 0.15) is 5.75 Å². The number of hydrogen-bond donors (Lipinski definition) is 2. The Hall–Kier alpha value is -2.34. The van der Waals surface area contributed by atoms with Crippen LogP contribution < -0.4 is 5.32 Å². The molecule has 24 heavy (non-hydrogen) atoms. The molecule has 0 aliphatic carbocycles. The lowest BCUT2D eigenvalue weighted by Crippen LogP contribution is -2.18. The monoisotopic (exact) mass is 335 g/mol. The molecule has 126 valence electrons. The van der Waals surface area contributed by atoms with Crippen LogP contribution in [0.5, 0.6) is 5.75 Å². The lowest BCUT2D eigenvalue weighted by atomic mass is 9.90. The molecular weight excluding hydrogens is 319 g/mol. The standard InChI is InChI=1S/C18H16F3NO2/c19-18(20,21)13-7-12(8-14(23)9-13)15-3-1-2-4-16(15)17(24)11-5-6-22-10-11/h1-4,7-9,11,22-23H,5-6,10H2. The summed E-state index contributed by atoms with van der Waals surface area (Å²) in [6.07, 6.45) is -3.86. The predicted molar refractivity (Wildman–Crippen MR) is 83.9 cm³/mol. The first-order valence-corrected chi connectivity index (χ1v) is 7.62. The van der Waals surface area contributed by atoms with E-state index in [4.69, 9.17) is 0 Å². The molecule has 0 saturated carbocycles. The van der Waals surface area contributed by atoms with Crippen LogP contribution in [0.4, 0.5) is 13.2 Å². The van der Waals surface area contributed by atoms with Crippen molar-refractivity contribution in [3.8, 4) is 16.9 Å². The first-order valence-electron chi connectivity index (χ1n) is 7.62. The van der Waals surface area contributed by atoms with E-state index in [9.17, 15) is 23.1 Å². The van der Waals surface area contributed by atoms with Crippen molar-refractivity contribution < 1.29 is 23.1 Å². The van der Waals surface area contributed by atoms with Gasteiger partial charge in [-0.25, -0.2) is 0 Å². The number of alkyl halides is 3. The quantitative estimate of drug-likeness (QED) is 0.837. The molecular formula is C18H16F3NO2. The number of halogens is 3. The van der Waals surface area contributed by atoms with E-state index >= 15 is 0 Å². The molecule has 1 atom stereocenters. The molecule has 0 aromatic heterocycles. The normalized spacial score (nSPS) is 17.9. The maximum atomic E-state index is 13.0. The van der Waals surface area contributed by atoms with Gasteiger partial charge in [-0.05, 0) is 42.3 Å². The average Bonchev–Trinajstić information content (AvgIpc) is 3.07. The van der Waals surface area contributed by atoms with Crippen molar-refractivity contribution in [2.45, 2.75) is 12.6 Å². The van der Waals surface area contributed by atoms with Crippen LogP contribution in [0.15, 0.2) is 42.5 Å². The summed E-state index contributed by atoms with van der Waals surface area (Å²) in [5, 5.41) is 12.8. The van der Waals surface area contributed by atoms with Gasteiger partial charge in [-0.2, -0.15) is 13.2 Å². The van der Waals surface area contributed by atoms with Gasteiger partial charge in [0.15, 0.2) is 5.78 Å². The topological polar surface area (TPSA) is 49.3 Å². The van der Waals surface area contributed by atoms with Crippen LogP contribution in [0.3, 0.4) is 0 Å². The highest BCUT2D eigenvalue weighted by Gasteiger charge is 2.32. The Bertz CT molecular complexity index is 765. The summed E-state index contributed by atoms with van der Waals surface area (Å²) in [4.78, 5) is 12.7. The van der Waals surface area contributed by atoms with Gasteiger partial charge in [0.2, 0.25) is 0 Å². The lowest BCUT2D eigenvalue weighted by Gasteiger charge is -2.14. The van der Waals surface area contributed by atoms with Gasteiger partial charge in [0.25, 0.3) is 0 Å². The Balaban J connectivity index is 2.07. The van der Waals surface area contributed by atoms with Crippen molar-refractivity contribution in [2.75, 3.05) is 13.1 Å². The van der Waals surface area contributed by atoms with Gasteiger partial charge < -0.3 is 10.4 Å². The zero-order chi connectivity index (χ0) is 17.3. The summed E-state index contributed by atoms with van der Waals surface area (Å²) in [6.45, 7) is 1.32. The molecule has 0 radical (unpaired) electrons. The highest BCUT2D eigenvalue weighted by Crippen LogP contribution is 2.36. The minimum absolute atomic E-state index is 0.0903. The third-order valence-corrected chi connectivity index (χ3v) is 4.18.